The molecule has 1 saturated heterocycles. The summed E-state index contributed by atoms with van der Waals surface area (Å²) in [7, 11) is -3.13. The van der Waals surface area contributed by atoms with Gasteiger partial charge >= 0.3 is 0 Å². The number of nitrogens with two attached hydrogens (primary N) is 1. The summed E-state index contributed by atoms with van der Waals surface area (Å²) in [6, 6.07) is 0. The Balaban J connectivity index is 2.08. The van der Waals surface area contributed by atoms with E-state index in [-0.39, 0.29) is 18.3 Å². The molecule has 1 saturated carbocycles. The highest BCUT2D eigenvalue weighted by molar-refractivity contribution is 7.90. The van der Waals surface area contributed by atoms with Gasteiger partial charge in [0.25, 0.3) is 0 Å². The lowest BCUT2D eigenvalue weighted by Crippen LogP contribution is -2.42. The fourth-order valence-electron chi connectivity index (χ4n) is 1.78. The molecule has 1 unspecified atom stereocenters. The Morgan fingerprint density at radius 1 is 1.50 bits per heavy atom. The molecular formula is C8H16N2O3S. The third-order valence-electron chi connectivity index (χ3n) is 2.98. The van der Waals surface area contributed by atoms with Crippen LogP contribution in [0, 0.1) is 0 Å². The van der Waals surface area contributed by atoms with Crippen LogP contribution < -0.4 is 5.73 Å². The van der Waals surface area contributed by atoms with E-state index in [0.717, 1.165) is 12.8 Å². The first-order valence-electron chi connectivity index (χ1n) is 4.89. The lowest BCUT2D eigenvalue weighted by atomic mass is 10.1. The van der Waals surface area contributed by atoms with Gasteiger partial charge in [-0.25, -0.2) is 8.42 Å². The minimum atomic E-state index is -3.13. The normalized spacial score (nSPS) is 35.0. The maximum Gasteiger partial charge on any atom is 0.217 e. The van der Waals surface area contributed by atoms with Gasteiger partial charge in [-0.05, 0) is 19.3 Å². The predicted molar refractivity (Wildman–Crippen MR) is 52.1 cm³/mol. The molecule has 0 bridgehead atoms. The summed E-state index contributed by atoms with van der Waals surface area (Å²) in [6.07, 6.45) is 1.98. The second-order valence-electron chi connectivity index (χ2n) is 4.26. The average molecular weight is 220 g/mol. The van der Waals surface area contributed by atoms with E-state index in [0.29, 0.717) is 13.0 Å². The van der Waals surface area contributed by atoms with Gasteiger partial charge in [0.05, 0.1) is 10.9 Å². The minimum absolute atomic E-state index is 0.129. The average Bonchev–Trinajstić information content (AvgIpc) is 2.91. The highest BCUT2D eigenvalue weighted by atomic mass is 32.2. The summed E-state index contributed by atoms with van der Waals surface area (Å²) in [5.74, 6) is 0. The van der Waals surface area contributed by atoms with E-state index >= 15 is 0 Å². The molecule has 2 rings (SSSR count). The van der Waals surface area contributed by atoms with Crippen LogP contribution in [-0.4, -0.2) is 48.3 Å². The first-order chi connectivity index (χ1) is 6.48. The molecule has 0 radical (unpaired) electrons. The number of aliphatic hydroxyl groups is 1. The van der Waals surface area contributed by atoms with Crippen molar-refractivity contribution in [3.05, 3.63) is 0 Å². The molecule has 14 heavy (non-hydrogen) atoms. The summed E-state index contributed by atoms with van der Waals surface area (Å²) in [5, 5.41) is 9.61. The van der Waals surface area contributed by atoms with Gasteiger partial charge in [-0.1, -0.05) is 0 Å². The Kier molecular flexibility index (Phi) is 2.34. The Bertz CT molecular complexity index is 325. The van der Waals surface area contributed by atoms with Crippen molar-refractivity contribution in [2.45, 2.75) is 30.1 Å². The zero-order valence-electron chi connectivity index (χ0n) is 8.02. The second kappa shape index (κ2) is 3.16. The maximum absolute atomic E-state index is 11.8. The van der Waals surface area contributed by atoms with Gasteiger partial charge in [0.1, 0.15) is 0 Å². The zero-order chi connectivity index (χ0) is 10.4. The van der Waals surface area contributed by atoms with Crippen molar-refractivity contribution in [3.63, 3.8) is 0 Å². The van der Waals surface area contributed by atoms with Crippen LogP contribution in [0.2, 0.25) is 0 Å². The maximum atomic E-state index is 11.8. The number of hydrogen-bond acceptors (Lipinski definition) is 4. The molecule has 3 N–H and O–H groups in total. The Hall–Kier alpha value is -0.170. The molecule has 0 aromatic rings. The lowest BCUT2D eigenvalue weighted by molar-refractivity contribution is 0.0651. The Labute approximate surface area is 83.9 Å². The highest BCUT2D eigenvalue weighted by Crippen LogP contribution is 2.34. The van der Waals surface area contributed by atoms with Crippen molar-refractivity contribution >= 4 is 10.0 Å². The molecule has 1 aliphatic heterocycles. The van der Waals surface area contributed by atoms with Crippen LogP contribution in [0.5, 0.6) is 0 Å². The van der Waals surface area contributed by atoms with Gasteiger partial charge in [-0.2, -0.15) is 4.31 Å². The van der Waals surface area contributed by atoms with Crippen molar-refractivity contribution in [3.8, 4) is 0 Å². The van der Waals surface area contributed by atoms with Gasteiger partial charge in [-0.15, -0.1) is 0 Å². The molecule has 1 heterocycles. The fourth-order valence-corrected chi connectivity index (χ4v) is 3.70. The van der Waals surface area contributed by atoms with E-state index in [1.54, 1.807) is 0 Å². The molecule has 0 aromatic heterocycles. The molecule has 82 valence electrons. The van der Waals surface area contributed by atoms with Gasteiger partial charge in [0.15, 0.2) is 0 Å². The summed E-state index contributed by atoms with van der Waals surface area (Å²) in [5.41, 5.74) is 4.40. The van der Waals surface area contributed by atoms with E-state index in [1.807, 2.05) is 0 Å². The fraction of sp³-hybridized carbons (Fsp3) is 1.00. The van der Waals surface area contributed by atoms with Gasteiger partial charge in [0.2, 0.25) is 10.0 Å². The second-order valence-corrected chi connectivity index (χ2v) is 6.47. The largest absolute Gasteiger partial charge is 0.387 e. The van der Waals surface area contributed by atoms with Crippen LogP contribution in [0.15, 0.2) is 0 Å². The first kappa shape index (κ1) is 10.4. The molecule has 1 atom stereocenters. The molecule has 1 aliphatic carbocycles. The molecule has 2 fully saturated rings. The van der Waals surface area contributed by atoms with E-state index in [1.165, 1.54) is 4.31 Å². The summed E-state index contributed by atoms with van der Waals surface area (Å²) in [4.78, 5) is 0. The van der Waals surface area contributed by atoms with Crippen molar-refractivity contribution in [1.29, 1.82) is 0 Å². The third-order valence-corrected chi connectivity index (χ3v) is 5.33. The highest BCUT2D eigenvalue weighted by Gasteiger charge is 2.46. The molecule has 2 aliphatic rings. The topological polar surface area (TPSA) is 83.6 Å². The van der Waals surface area contributed by atoms with Crippen LogP contribution >= 0.6 is 0 Å². The third kappa shape index (κ3) is 1.67. The van der Waals surface area contributed by atoms with Gasteiger partial charge in [-0.3, -0.25) is 0 Å². The van der Waals surface area contributed by atoms with Crippen molar-refractivity contribution in [2.75, 3.05) is 19.6 Å². The quantitative estimate of drug-likeness (QED) is 0.630. The van der Waals surface area contributed by atoms with Gasteiger partial charge < -0.3 is 10.8 Å². The first-order valence-corrected chi connectivity index (χ1v) is 6.40. The monoisotopic (exact) mass is 220 g/mol. The van der Waals surface area contributed by atoms with Crippen molar-refractivity contribution in [1.82, 2.24) is 4.31 Å². The van der Waals surface area contributed by atoms with Crippen molar-refractivity contribution in [2.24, 2.45) is 5.73 Å². The SMILES string of the molecule is NCC1(O)CCN(S(=O)(=O)C2CC2)C1. The summed E-state index contributed by atoms with van der Waals surface area (Å²) < 4.78 is 24.9. The number of rotatable bonds is 3. The van der Waals surface area contributed by atoms with Crippen LogP contribution in [0.1, 0.15) is 19.3 Å². The van der Waals surface area contributed by atoms with E-state index in [4.69, 9.17) is 5.73 Å². The van der Waals surface area contributed by atoms with E-state index in [9.17, 15) is 13.5 Å². The number of hydrogen-bond donors (Lipinski definition) is 2. The summed E-state index contributed by atoms with van der Waals surface area (Å²) in [6.45, 7) is 0.707. The number of sulfonamides is 1. The number of β-amino-alcohol motifs (C(OH)–C–C–N with tert-alkyl or cyclic N) is 1. The lowest BCUT2D eigenvalue weighted by Gasteiger charge is -2.21. The molecular weight excluding hydrogens is 204 g/mol. The predicted octanol–water partition coefficient (Wildman–Crippen LogP) is -1.13. The van der Waals surface area contributed by atoms with Crippen LogP contribution in [0.25, 0.3) is 0 Å². The van der Waals surface area contributed by atoms with Crippen LogP contribution in [0.4, 0.5) is 0 Å². The van der Waals surface area contributed by atoms with Crippen LogP contribution in [-0.2, 0) is 10.0 Å². The molecule has 0 aromatic carbocycles. The van der Waals surface area contributed by atoms with E-state index < -0.39 is 15.6 Å². The number of nitrogens with zero attached hydrogens (tertiary/aromatic N) is 1. The van der Waals surface area contributed by atoms with Crippen molar-refractivity contribution < 1.29 is 13.5 Å². The van der Waals surface area contributed by atoms with Crippen LogP contribution in [0.3, 0.4) is 0 Å². The molecule has 0 spiro atoms. The molecule has 5 nitrogen and oxygen atoms in total. The Morgan fingerprint density at radius 2 is 2.14 bits per heavy atom. The smallest absolute Gasteiger partial charge is 0.217 e. The van der Waals surface area contributed by atoms with E-state index in [2.05, 4.69) is 0 Å². The standard InChI is InChI=1S/C8H16N2O3S/c9-5-8(11)3-4-10(6-8)14(12,13)7-1-2-7/h7,11H,1-6,9H2. The molecule has 0 amide bonds. The molecule has 6 heteroatoms. The summed E-state index contributed by atoms with van der Waals surface area (Å²) >= 11 is 0. The minimum Gasteiger partial charge on any atom is -0.387 e. The Morgan fingerprint density at radius 3 is 2.57 bits per heavy atom. The zero-order valence-corrected chi connectivity index (χ0v) is 8.83. The van der Waals surface area contributed by atoms with Gasteiger partial charge in [0, 0.05) is 19.6 Å².